The summed E-state index contributed by atoms with van der Waals surface area (Å²) in [4.78, 5) is 17.2. The number of nitrogens with zero attached hydrogens (tertiary/aromatic N) is 4. The van der Waals surface area contributed by atoms with Crippen LogP contribution in [0.5, 0.6) is 0 Å². The molecule has 0 atom stereocenters. The van der Waals surface area contributed by atoms with Crippen molar-refractivity contribution in [1.29, 1.82) is 0 Å². The third kappa shape index (κ3) is 3.79. The second-order valence-electron chi connectivity index (χ2n) is 4.82. The Kier molecular flexibility index (Phi) is 4.59. The van der Waals surface area contributed by atoms with Gasteiger partial charge in [-0.1, -0.05) is 23.2 Å². The first-order valence-corrected chi connectivity index (χ1v) is 7.64. The smallest absolute Gasteiger partial charge is 0.200 e. The summed E-state index contributed by atoms with van der Waals surface area (Å²) in [5, 5.41) is 1.23. The third-order valence-electron chi connectivity index (χ3n) is 3.04. The fraction of sp³-hybridized carbons (Fsp3) is 0. The van der Waals surface area contributed by atoms with Crippen molar-refractivity contribution in [1.82, 2.24) is 0 Å². The van der Waals surface area contributed by atoms with Gasteiger partial charge in [-0.15, -0.1) is 0 Å². The molecule has 0 saturated heterocycles. The topological polar surface area (TPSA) is 101 Å². The van der Waals surface area contributed by atoms with Gasteiger partial charge in [0.05, 0.1) is 11.4 Å². The zero-order chi connectivity index (χ0) is 17.1. The molecule has 3 rings (SSSR count). The number of aliphatic imine (C=N–C) groups is 4. The summed E-state index contributed by atoms with van der Waals surface area (Å²) in [5.74, 6) is 0.716. The van der Waals surface area contributed by atoms with Crippen LogP contribution in [0.3, 0.4) is 0 Å². The van der Waals surface area contributed by atoms with Gasteiger partial charge in [-0.05, 0) is 48.5 Å². The highest BCUT2D eigenvalue weighted by molar-refractivity contribution is 6.55. The maximum atomic E-state index is 5.88. The predicted molar refractivity (Wildman–Crippen MR) is 100 cm³/mol. The quantitative estimate of drug-likeness (QED) is 0.857. The van der Waals surface area contributed by atoms with Gasteiger partial charge in [0, 0.05) is 10.0 Å². The van der Waals surface area contributed by atoms with Crippen LogP contribution in [0.15, 0.2) is 68.5 Å². The van der Waals surface area contributed by atoms with Crippen LogP contribution in [0.25, 0.3) is 0 Å². The summed E-state index contributed by atoms with van der Waals surface area (Å²) in [6.07, 6.45) is 0. The molecule has 4 N–H and O–H groups in total. The van der Waals surface area contributed by atoms with Gasteiger partial charge in [-0.25, -0.2) is 20.0 Å². The molecule has 1 aliphatic rings. The summed E-state index contributed by atoms with van der Waals surface area (Å²) in [6, 6.07) is 13.9. The molecule has 120 valence electrons. The van der Waals surface area contributed by atoms with Crippen molar-refractivity contribution in [3.8, 4) is 0 Å². The molecule has 6 nitrogen and oxygen atoms in total. The Morgan fingerprint density at radius 3 is 1.29 bits per heavy atom. The van der Waals surface area contributed by atoms with Crippen LogP contribution in [0.4, 0.5) is 11.4 Å². The summed E-state index contributed by atoms with van der Waals surface area (Å²) < 4.78 is 0. The number of halogens is 2. The molecule has 24 heavy (non-hydrogen) atoms. The molecule has 1 aliphatic heterocycles. The van der Waals surface area contributed by atoms with Crippen LogP contribution in [-0.4, -0.2) is 23.3 Å². The molecule has 0 unspecified atom stereocenters. The van der Waals surface area contributed by atoms with Gasteiger partial charge >= 0.3 is 0 Å². The van der Waals surface area contributed by atoms with E-state index < -0.39 is 0 Å². The maximum Gasteiger partial charge on any atom is 0.200 e. The van der Waals surface area contributed by atoms with Gasteiger partial charge in [0.15, 0.2) is 23.3 Å². The van der Waals surface area contributed by atoms with Crippen LogP contribution in [-0.2, 0) is 0 Å². The summed E-state index contributed by atoms with van der Waals surface area (Å²) >= 11 is 11.8. The number of hydrogen-bond donors (Lipinski definition) is 2. The lowest BCUT2D eigenvalue weighted by Crippen LogP contribution is -2.37. The van der Waals surface area contributed by atoms with Gasteiger partial charge < -0.3 is 11.5 Å². The zero-order valence-electron chi connectivity index (χ0n) is 12.3. The Morgan fingerprint density at radius 1 is 0.625 bits per heavy atom. The summed E-state index contributed by atoms with van der Waals surface area (Å²) in [5.41, 5.74) is 12.8. The number of nitrogens with two attached hydrogens (primary N) is 2. The Labute approximate surface area is 148 Å². The van der Waals surface area contributed by atoms with Crippen LogP contribution in [0, 0.1) is 0 Å². The standard InChI is InChI=1S/C16H12Cl2N6/c17-9-1-5-11(6-2-9)21-15-16(24-14(20)13(19)23-15)22-12-7-3-10(18)4-8-12/h1-8H,(H2,19,21,23)(H2,20,22,24). The molecular formula is C16H12Cl2N6. The van der Waals surface area contributed by atoms with Crippen LogP contribution >= 0.6 is 23.2 Å². The van der Waals surface area contributed by atoms with Crippen molar-refractivity contribution in [2.75, 3.05) is 0 Å². The van der Waals surface area contributed by atoms with Gasteiger partial charge in [0.2, 0.25) is 0 Å². The molecule has 0 aliphatic carbocycles. The summed E-state index contributed by atoms with van der Waals surface area (Å²) in [6.45, 7) is 0. The highest BCUT2D eigenvalue weighted by Crippen LogP contribution is 2.20. The molecule has 2 aromatic rings. The van der Waals surface area contributed by atoms with Crippen molar-refractivity contribution in [3.05, 3.63) is 58.6 Å². The van der Waals surface area contributed by atoms with Crippen molar-refractivity contribution < 1.29 is 0 Å². The molecule has 0 spiro atoms. The van der Waals surface area contributed by atoms with E-state index in [1.54, 1.807) is 48.5 Å². The molecule has 8 heteroatoms. The zero-order valence-corrected chi connectivity index (χ0v) is 13.8. The predicted octanol–water partition coefficient (Wildman–Crippen LogP) is 3.48. The SMILES string of the molecule is NC1=NC(=Nc2ccc(Cl)cc2)C(=Nc2ccc(Cl)cc2)N=C1N. The van der Waals surface area contributed by atoms with Crippen molar-refractivity contribution in [3.63, 3.8) is 0 Å². The minimum absolute atomic E-state index is 0.0952. The van der Waals surface area contributed by atoms with Crippen molar-refractivity contribution in [2.45, 2.75) is 0 Å². The fourth-order valence-electron chi connectivity index (χ4n) is 1.87. The average molecular weight is 359 g/mol. The van der Waals surface area contributed by atoms with Gasteiger partial charge in [-0.2, -0.15) is 0 Å². The van der Waals surface area contributed by atoms with Gasteiger partial charge in [0.25, 0.3) is 0 Å². The Balaban J connectivity index is 2.03. The van der Waals surface area contributed by atoms with E-state index in [0.717, 1.165) is 0 Å². The molecule has 0 saturated carbocycles. The Bertz CT molecular complexity index is 804. The molecule has 0 aromatic heterocycles. The van der Waals surface area contributed by atoms with E-state index in [0.29, 0.717) is 21.4 Å². The molecule has 0 radical (unpaired) electrons. The third-order valence-corrected chi connectivity index (χ3v) is 3.54. The van der Waals surface area contributed by atoms with E-state index in [4.69, 9.17) is 34.7 Å². The average Bonchev–Trinajstić information content (AvgIpc) is 2.56. The van der Waals surface area contributed by atoms with E-state index >= 15 is 0 Å². The number of benzene rings is 2. The molecule has 0 amide bonds. The number of hydrogen-bond acceptors (Lipinski definition) is 4. The Hall–Kier alpha value is -2.70. The lowest BCUT2D eigenvalue weighted by atomic mass is 10.3. The first-order chi connectivity index (χ1) is 11.5. The number of amidine groups is 4. The summed E-state index contributed by atoms with van der Waals surface area (Å²) in [7, 11) is 0. The maximum absolute atomic E-state index is 5.88. The lowest BCUT2D eigenvalue weighted by molar-refractivity contribution is 1.40. The number of rotatable bonds is 2. The lowest BCUT2D eigenvalue weighted by Gasteiger charge is -2.10. The normalized spacial score (nSPS) is 17.8. The first-order valence-electron chi connectivity index (χ1n) is 6.89. The highest BCUT2D eigenvalue weighted by Gasteiger charge is 2.17. The van der Waals surface area contributed by atoms with E-state index in [2.05, 4.69) is 20.0 Å². The van der Waals surface area contributed by atoms with Crippen LogP contribution in [0.1, 0.15) is 0 Å². The molecule has 2 aromatic carbocycles. The first kappa shape index (κ1) is 16.2. The Morgan fingerprint density at radius 2 is 0.958 bits per heavy atom. The largest absolute Gasteiger partial charge is 0.381 e. The molecule has 0 bridgehead atoms. The molecular weight excluding hydrogens is 347 g/mol. The van der Waals surface area contributed by atoms with E-state index in [-0.39, 0.29) is 23.3 Å². The van der Waals surface area contributed by atoms with E-state index in [9.17, 15) is 0 Å². The molecule has 0 fully saturated rings. The van der Waals surface area contributed by atoms with Gasteiger partial charge in [0.1, 0.15) is 0 Å². The van der Waals surface area contributed by atoms with E-state index in [1.807, 2.05) is 0 Å². The van der Waals surface area contributed by atoms with Crippen molar-refractivity contribution in [2.24, 2.45) is 31.4 Å². The fourth-order valence-corrected chi connectivity index (χ4v) is 2.12. The molecule has 1 heterocycles. The second-order valence-corrected chi connectivity index (χ2v) is 5.69. The highest BCUT2D eigenvalue weighted by atomic mass is 35.5. The van der Waals surface area contributed by atoms with Gasteiger partial charge in [-0.3, -0.25) is 0 Å². The second kappa shape index (κ2) is 6.82. The minimum Gasteiger partial charge on any atom is -0.381 e. The van der Waals surface area contributed by atoms with Crippen LogP contribution < -0.4 is 11.5 Å². The van der Waals surface area contributed by atoms with E-state index in [1.165, 1.54) is 0 Å². The minimum atomic E-state index is 0.0952. The van der Waals surface area contributed by atoms with Crippen molar-refractivity contribution >= 4 is 57.9 Å². The van der Waals surface area contributed by atoms with Crippen LogP contribution in [0.2, 0.25) is 10.0 Å². The monoisotopic (exact) mass is 358 g/mol.